The van der Waals surface area contributed by atoms with Crippen LogP contribution in [-0.4, -0.2) is 71.4 Å². The molecule has 36 heavy (non-hydrogen) atoms. The maximum absolute atomic E-state index is 13.6. The zero-order valence-corrected chi connectivity index (χ0v) is 20.8. The number of aromatic nitrogens is 1. The van der Waals surface area contributed by atoms with E-state index in [2.05, 4.69) is 10.3 Å². The smallest absolute Gasteiger partial charge is 0.251 e. The highest BCUT2D eigenvalue weighted by Gasteiger charge is 2.54. The molecule has 1 aromatic heterocycles. The van der Waals surface area contributed by atoms with Gasteiger partial charge in [-0.3, -0.25) is 19.2 Å². The Morgan fingerprint density at radius 1 is 1.17 bits per heavy atom. The van der Waals surface area contributed by atoms with Crippen molar-refractivity contribution in [1.82, 2.24) is 19.5 Å². The Bertz CT molecular complexity index is 1340. The van der Waals surface area contributed by atoms with Crippen molar-refractivity contribution in [3.63, 3.8) is 0 Å². The number of carbonyl (C=O) groups is 3. The van der Waals surface area contributed by atoms with Gasteiger partial charge in [0, 0.05) is 30.1 Å². The van der Waals surface area contributed by atoms with Crippen molar-refractivity contribution in [2.75, 3.05) is 18.8 Å². The Morgan fingerprint density at radius 2 is 1.86 bits per heavy atom. The molecule has 1 aromatic carbocycles. The van der Waals surface area contributed by atoms with Gasteiger partial charge in [0.05, 0.1) is 17.5 Å². The van der Waals surface area contributed by atoms with Crippen molar-refractivity contribution in [3.05, 3.63) is 58.5 Å². The number of benzene rings is 1. The molecule has 2 aromatic rings. The van der Waals surface area contributed by atoms with E-state index in [0.717, 1.165) is 10.4 Å². The SMILES string of the molecule is CC(C)CC(NC(=O)c1ccc(N)cc1)C(=O)N1CCC2C1C(=O)CN2S(=O)(=O)c1cc[nH]c(=O)c1. The monoisotopic (exact) mass is 515 g/mol. The fourth-order valence-electron chi connectivity index (χ4n) is 4.83. The molecular weight excluding hydrogens is 486 g/mol. The number of hydrogen-bond donors (Lipinski definition) is 3. The molecule has 2 saturated heterocycles. The second-order valence-electron chi connectivity index (χ2n) is 9.52. The molecule has 2 amide bonds. The third-order valence-electron chi connectivity index (χ3n) is 6.50. The number of fused-ring (bicyclic) bond motifs is 1. The Balaban J connectivity index is 1.56. The number of aromatic amines is 1. The molecule has 192 valence electrons. The predicted octanol–water partition coefficient (Wildman–Crippen LogP) is 0.345. The van der Waals surface area contributed by atoms with Crippen LogP contribution in [0.2, 0.25) is 0 Å². The standard InChI is InChI=1S/C24H29N5O6S/c1-14(2)11-18(27-23(32)15-3-5-16(25)6-4-15)24(33)28-10-8-19-22(28)20(30)13-29(19)36(34,35)17-7-9-26-21(31)12-17/h3-7,9,12,14,18-19,22H,8,10-11,13,25H2,1-2H3,(H,26,31)(H,27,32). The van der Waals surface area contributed by atoms with Crippen LogP contribution in [-0.2, 0) is 19.6 Å². The van der Waals surface area contributed by atoms with Crippen LogP contribution >= 0.6 is 0 Å². The van der Waals surface area contributed by atoms with Crippen LogP contribution in [0.1, 0.15) is 37.0 Å². The summed E-state index contributed by atoms with van der Waals surface area (Å²) in [6.45, 7) is 3.62. The number of H-pyrrole nitrogens is 1. The fraction of sp³-hybridized carbons (Fsp3) is 0.417. The number of likely N-dealkylation sites (tertiary alicyclic amines) is 1. The molecule has 12 heteroatoms. The van der Waals surface area contributed by atoms with Crippen molar-refractivity contribution >= 4 is 33.3 Å². The Labute approximate surface area is 208 Å². The maximum atomic E-state index is 13.6. The Kier molecular flexibility index (Phi) is 7.01. The molecule has 0 saturated carbocycles. The summed E-state index contributed by atoms with van der Waals surface area (Å²) >= 11 is 0. The number of rotatable bonds is 7. The van der Waals surface area contributed by atoms with Gasteiger partial charge in [-0.25, -0.2) is 8.42 Å². The molecule has 0 radical (unpaired) electrons. The number of sulfonamides is 1. The normalized spacial score (nSPS) is 21.0. The zero-order chi connectivity index (χ0) is 26.2. The minimum atomic E-state index is -4.12. The molecule has 2 aliphatic heterocycles. The number of hydrogen-bond acceptors (Lipinski definition) is 7. The lowest BCUT2D eigenvalue weighted by Crippen LogP contribution is -2.53. The van der Waals surface area contributed by atoms with Crippen LogP contribution in [0.25, 0.3) is 0 Å². The highest BCUT2D eigenvalue weighted by Crippen LogP contribution is 2.34. The summed E-state index contributed by atoms with van der Waals surface area (Å²) in [6.07, 6.45) is 1.84. The first kappa shape index (κ1) is 25.6. The fourth-order valence-corrected chi connectivity index (χ4v) is 6.47. The molecule has 3 unspecified atom stereocenters. The zero-order valence-electron chi connectivity index (χ0n) is 20.0. The average Bonchev–Trinajstić information content (AvgIpc) is 3.40. The van der Waals surface area contributed by atoms with Gasteiger partial charge < -0.3 is 20.9 Å². The molecule has 4 N–H and O–H groups in total. The highest BCUT2D eigenvalue weighted by molar-refractivity contribution is 7.89. The van der Waals surface area contributed by atoms with Gasteiger partial charge in [-0.2, -0.15) is 4.31 Å². The first-order chi connectivity index (χ1) is 17.0. The van der Waals surface area contributed by atoms with Crippen LogP contribution in [0.5, 0.6) is 0 Å². The van der Waals surface area contributed by atoms with Crippen LogP contribution in [0.3, 0.4) is 0 Å². The van der Waals surface area contributed by atoms with E-state index >= 15 is 0 Å². The lowest BCUT2D eigenvalue weighted by atomic mass is 10.0. The summed E-state index contributed by atoms with van der Waals surface area (Å²) in [4.78, 5) is 54.6. The minimum absolute atomic E-state index is 0.0661. The summed E-state index contributed by atoms with van der Waals surface area (Å²) in [6, 6.07) is 5.96. The first-order valence-electron chi connectivity index (χ1n) is 11.7. The van der Waals surface area contributed by atoms with E-state index < -0.39 is 51.3 Å². The number of carbonyl (C=O) groups excluding carboxylic acids is 3. The van der Waals surface area contributed by atoms with Crippen molar-refractivity contribution < 1.29 is 22.8 Å². The Hall–Kier alpha value is -3.51. The van der Waals surface area contributed by atoms with Gasteiger partial charge in [0.25, 0.3) is 5.91 Å². The van der Waals surface area contributed by atoms with Gasteiger partial charge in [-0.1, -0.05) is 13.8 Å². The van der Waals surface area contributed by atoms with Crippen LogP contribution in [0.15, 0.2) is 52.3 Å². The van der Waals surface area contributed by atoms with E-state index in [4.69, 9.17) is 5.73 Å². The van der Waals surface area contributed by atoms with Crippen molar-refractivity contribution in [2.24, 2.45) is 5.92 Å². The average molecular weight is 516 g/mol. The van der Waals surface area contributed by atoms with Crippen molar-refractivity contribution in [1.29, 1.82) is 0 Å². The lowest BCUT2D eigenvalue weighted by Gasteiger charge is -2.29. The van der Waals surface area contributed by atoms with Crippen molar-refractivity contribution in [3.8, 4) is 0 Å². The molecule has 3 atom stereocenters. The van der Waals surface area contributed by atoms with E-state index in [1.54, 1.807) is 24.3 Å². The largest absolute Gasteiger partial charge is 0.399 e. The molecule has 3 heterocycles. The lowest BCUT2D eigenvalue weighted by molar-refractivity contribution is -0.138. The van der Waals surface area contributed by atoms with Gasteiger partial charge >= 0.3 is 0 Å². The number of nitrogens with zero attached hydrogens (tertiary/aromatic N) is 2. The summed E-state index contributed by atoms with van der Waals surface area (Å²) in [5, 5.41) is 2.78. The van der Waals surface area contributed by atoms with E-state index in [-0.39, 0.29) is 30.3 Å². The summed E-state index contributed by atoms with van der Waals surface area (Å²) in [7, 11) is -4.12. The summed E-state index contributed by atoms with van der Waals surface area (Å²) in [5.74, 6) is -1.20. The molecule has 11 nitrogen and oxygen atoms in total. The third-order valence-corrected chi connectivity index (χ3v) is 8.36. The number of nitrogen functional groups attached to an aromatic ring is 1. The van der Waals surface area contributed by atoms with E-state index in [1.165, 1.54) is 17.2 Å². The van der Waals surface area contributed by atoms with Crippen molar-refractivity contribution in [2.45, 2.75) is 49.7 Å². The molecule has 0 bridgehead atoms. The number of nitrogens with one attached hydrogen (secondary N) is 2. The summed E-state index contributed by atoms with van der Waals surface area (Å²) < 4.78 is 27.5. The molecule has 0 spiro atoms. The molecular formula is C24H29N5O6S. The quantitative estimate of drug-likeness (QED) is 0.448. The highest BCUT2D eigenvalue weighted by atomic mass is 32.2. The second kappa shape index (κ2) is 9.86. The van der Waals surface area contributed by atoms with Gasteiger partial charge in [-0.15, -0.1) is 0 Å². The number of amides is 2. The van der Waals surface area contributed by atoms with Crippen LogP contribution < -0.4 is 16.6 Å². The minimum Gasteiger partial charge on any atom is -0.399 e. The molecule has 4 rings (SSSR count). The van der Waals surface area contributed by atoms with Gasteiger partial charge in [0.1, 0.15) is 12.1 Å². The molecule has 2 fully saturated rings. The van der Waals surface area contributed by atoms with Crippen LogP contribution in [0.4, 0.5) is 5.69 Å². The van der Waals surface area contributed by atoms with E-state index in [0.29, 0.717) is 17.7 Å². The van der Waals surface area contributed by atoms with E-state index in [9.17, 15) is 27.6 Å². The number of pyridine rings is 1. The summed E-state index contributed by atoms with van der Waals surface area (Å²) in [5.41, 5.74) is 5.96. The number of anilines is 1. The van der Waals surface area contributed by atoms with Gasteiger partial charge in [0.15, 0.2) is 5.78 Å². The number of Topliss-reactive ketones (excluding diaryl/α,β-unsaturated/α-hetero) is 1. The Morgan fingerprint density at radius 3 is 2.50 bits per heavy atom. The predicted molar refractivity (Wildman–Crippen MR) is 131 cm³/mol. The van der Waals surface area contributed by atoms with Crippen LogP contribution in [0, 0.1) is 5.92 Å². The number of ketones is 1. The number of nitrogens with two attached hydrogens (primary N) is 1. The third kappa shape index (κ3) is 4.91. The first-order valence-corrected chi connectivity index (χ1v) is 13.1. The van der Waals surface area contributed by atoms with Gasteiger partial charge in [0.2, 0.25) is 21.5 Å². The maximum Gasteiger partial charge on any atom is 0.251 e. The van der Waals surface area contributed by atoms with E-state index in [1.807, 2.05) is 13.8 Å². The topological polar surface area (TPSA) is 163 Å². The molecule has 2 aliphatic rings. The van der Waals surface area contributed by atoms with Gasteiger partial charge in [-0.05, 0) is 49.1 Å². The second-order valence-corrected chi connectivity index (χ2v) is 11.4. The molecule has 0 aliphatic carbocycles.